The fourth-order valence-electron chi connectivity index (χ4n) is 4.50. The summed E-state index contributed by atoms with van der Waals surface area (Å²) in [4.78, 5) is 0. The normalized spacial score (nSPS) is 21.7. The molecular weight excluding hydrogens is 317 g/mol. The molecule has 2 aromatic rings. The first kappa shape index (κ1) is 15.9. The summed E-state index contributed by atoms with van der Waals surface area (Å²) in [6, 6.07) is 13.0. The highest BCUT2D eigenvalue weighted by atomic mass is 31.1. The fraction of sp³-hybridized carbons (Fsp3) is 0.400. The summed E-state index contributed by atoms with van der Waals surface area (Å²) in [7, 11) is 6.22. The zero-order valence-electron chi connectivity index (χ0n) is 14.6. The maximum absolute atomic E-state index is 6.20. The van der Waals surface area contributed by atoms with Crippen LogP contribution in [0.3, 0.4) is 0 Å². The minimum Gasteiger partial charge on any atom is -0.496 e. The standard InChI is InChI=1S/C20H24NO2P/c1-21(2)24-23-17-9-5-7-15-11-13-20(19(15)17)12-10-14-6-4-8-16(22-3)18(14)20/h4-9,24H,10-13H2,1-3H3/t20-/m1/s1. The van der Waals surface area contributed by atoms with Gasteiger partial charge in [0.2, 0.25) is 0 Å². The first-order chi connectivity index (χ1) is 11.7. The molecule has 2 aromatic carbocycles. The Morgan fingerprint density at radius 3 is 2.08 bits per heavy atom. The summed E-state index contributed by atoms with van der Waals surface area (Å²) in [6.07, 6.45) is 4.55. The van der Waals surface area contributed by atoms with Gasteiger partial charge >= 0.3 is 0 Å². The van der Waals surface area contributed by atoms with Crippen LogP contribution in [0.4, 0.5) is 0 Å². The van der Waals surface area contributed by atoms with E-state index in [2.05, 4.69) is 41.1 Å². The number of ether oxygens (including phenoxy) is 1. The molecule has 0 saturated heterocycles. The number of benzene rings is 2. The SMILES string of the molecule is COc1cccc2c1[C@@]1(CC2)CCc2cccc(OPN(C)C)c21. The van der Waals surface area contributed by atoms with Crippen molar-refractivity contribution < 1.29 is 9.26 Å². The molecule has 3 nitrogen and oxygen atoms in total. The Morgan fingerprint density at radius 1 is 0.917 bits per heavy atom. The van der Waals surface area contributed by atoms with Gasteiger partial charge in [0, 0.05) is 16.5 Å². The van der Waals surface area contributed by atoms with Crippen molar-refractivity contribution in [2.75, 3.05) is 21.2 Å². The topological polar surface area (TPSA) is 21.7 Å². The number of fused-ring (bicyclic) bond motifs is 4. The van der Waals surface area contributed by atoms with E-state index >= 15 is 0 Å². The molecule has 0 N–H and O–H groups in total. The van der Waals surface area contributed by atoms with Gasteiger partial charge in [-0.15, -0.1) is 0 Å². The maximum atomic E-state index is 6.20. The van der Waals surface area contributed by atoms with Crippen molar-refractivity contribution in [3.05, 3.63) is 58.7 Å². The van der Waals surface area contributed by atoms with Crippen LogP contribution in [-0.4, -0.2) is 25.9 Å². The van der Waals surface area contributed by atoms with Crippen molar-refractivity contribution in [1.29, 1.82) is 0 Å². The van der Waals surface area contributed by atoms with Gasteiger partial charge in [0.1, 0.15) is 20.5 Å². The van der Waals surface area contributed by atoms with Crippen LogP contribution >= 0.6 is 8.96 Å². The fourth-order valence-corrected chi connectivity index (χ4v) is 4.95. The van der Waals surface area contributed by atoms with Crippen LogP contribution in [0.5, 0.6) is 11.5 Å². The van der Waals surface area contributed by atoms with Gasteiger partial charge in [-0.3, -0.25) is 4.67 Å². The number of hydrogen-bond acceptors (Lipinski definition) is 3. The Bertz CT molecular complexity index is 770. The highest BCUT2D eigenvalue weighted by molar-refractivity contribution is 7.29. The Balaban J connectivity index is 1.86. The smallest absolute Gasteiger partial charge is 0.148 e. The Kier molecular flexibility index (Phi) is 4.02. The molecule has 0 heterocycles. The molecular formula is C20H24NO2P. The number of methoxy groups -OCH3 is 1. The molecule has 4 rings (SSSR count). The predicted molar refractivity (Wildman–Crippen MR) is 99.5 cm³/mol. The molecule has 0 fully saturated rings. The van der Waals surface area contributed by atoms with Crippen molar-refractivity contribution >= 4 is 8.96 Å². The highest BCUT2D eigenvalue weighted by Gasteiger charge is 2.48. The third-order valence-corrected chi connectivity index (χ3v) is 6.06. The average Bonchev–Trinajstić information content (AvgIpc) is 3.16. The van der Waals surface area contributed by atoms with E-state index in [9.17, 15) is 0 Å². The van der Waals surface area contributed by atoms with E-state index in [0.717, 1.165) is 37.2 Å². The van der Waals surface area contributed by atoms with Gasteiger partial charge in [-0.1, -0.05) is 24.3 Å². The summed E-state index contributed by atoms with van der Waals surface area (Å²) in [5.74, 6) is 2.08. The number of hydrogen-bond donors (Lipinski definition) is 0. The molecule has 1 unspecified atom stereocenters. The highest BCUT2D eigenvalue weighted by Crippen LogP contribution is 2.57. The first-order valence-corrected chi connectivity index (χ1v) is 9.40. The lowest BCUT2D eigenvalue weighted by Gasteiger charge is -2.30. The summed E-state index contributed by atoms with van der Waals surface area (Å²) < 4.78 is 14.0. The third kappa shape index (κ3) is 2.34. The van der Waals surface area contributed by atoms with Crippen LogP contribution in [0.25, 0.3) is 0 Å². The van der Waals surface area contributed by atoms with Gasteiger partial charge in [-0.25, -0.2) is 0 Å². The molecule has 0 radical (unpaired) electrons. The van der Waals surface area contributed by atoms with Crippen LogP contribution in [0.2, 0.25) is 0 Å². The molecule has 2 aliphatic rings. The lowest BCUT2D eigenvalue weighted by molar-refractivity contribution is 0.392. The Hall–Kier alpha value is -1.57. The van der Waals surface area contributed by atoms with Gasteiger partial charge in [0.05, 0.1) is 7.11 Å². The van der Waals surface area contributed by atoms with Crippen LogP contribution in [0, 0.1) is 0 Å². The average molecular weight is 341 g/mol. The van der Waals surface area contributed by atoms with E-state index in [1.807, 2.05) is 14.1 Å². The molecule has 0 aliphatic heterocycles. The zero-order chi connectivity index (χ0) is 16.7. The largest absolute Gasteiger partial charge is 0.496 e. The summed E-state index contributed by atoms with van der Waals surface area (Å²) in [5.41, 5.74) is 5.74. The zero-order valence-corrected chi connectivity index (χ0v) is 15.6. The number of aryl methyl sites for hydroxylation is 2. The first-order valence-electron chi connectivity index (χ1n) is 8.54. The summed E-state index contributed by atoms with van der Waals surface area (Å²) in [5, 5.41) is 0. The number of nitrogens with zero attached hydrogens (tertiary/aromatic N) is 1. The van der Waals surface area contributed by atoms with E-state index in [4.69, 9.17) is 9.26 Å². The molecule has 24 heavy (non-hydrogen) atoms. The van der Waals surface area contributed by atoms with Crippen LogP contribution in [0.1, 0.15) is 35.1 Å². The van der Waals surface area contributed by atoms with Gasteiger partial charge < -0.3 is 9.26 Å². The van der Waals surface area contributed by atoms with Crippen LogP contribution in [0.15, 0.2) is 36.4 Å². The minimum atomic E-state index is 0.0602. The monoisotopic (exact) mass is 341 g/mol. The van der Waals surface area contributed by atoms with E-state index < -0.39 is 0 Å². The van der Waals surface area contributed by atoms with Gasteiger partial charge in [-0.05, 0) is 63.0 Å². The molecule has 0 amide bonds. The molecule has 1 spiro atoms. The van der Waals surface area contributed by atoms with Crippen molar-refractivity contribution in [1.82, 2.24) is 4.67 Å². The quantitative estimate of drug-likeness (QED) is 0.773. The lowest BCUT2D eigenvalue weighted by atomic mass is 9.76. The second-order valence-corrected chi connectivity index (χ2v) is 8.24. The van der Waals surface area contributed by atoms with Crippen LogP contribution in [-0.2, 0) is 18.3 Å². The van der Waals surface area contributed by atoms with Gasteiger partial charge in [0.15, 0.2) is 0 Å². The minimum absolute atomic E-state index is 0.0602. The lowest BCUT2D eigenvalue weighted by Crippen LogP contribution is -2.22. The van der Waals surface area contributed by atoms with Crippen LogP contribution < -0.4 is 9.26 Å². The molecule has 0 aromatic heterocycles. The second-order valence-electron chi connectivity index (χ2n) is 6.95. The summed E-state index contributed by atoms with van der Waals surface area (Å²) in [6.45, 7) is 0. The molecule has 0 saturated carbocycles. The second kappa shape index (κ2) is 6.06. The van der Waals surface area contributed by atoms with E-state index in [0.29, 0.717) is 8.96 Å². The number of rotatable bonds is 4. The van der Waals surface area contributed by atoms with Crippen molar-refractivity contribution in [2.45, 2.75) is 31.1 Å². The maximum Gasteiger partial charge on any atom is 0.148 e. The predicted octanol–water partition coefficient (Wildman–Crippen LogP) is 4.32. The Morgan fingerprint density at radius 2 is 1.50 bits per heavy atom. The van der Waals surface area contributed by atoms with Gasteiger partial charge in [-0.2, -0.15) is 0 Å². The molecule has 2 aliphatic carbocycles. The van der Waals surface area contributed by atoms with Crippen molar-refractivity contribution in [2.24, 2.45) is 0 Å². The molecule has 2 atom stereocenters. The molecule has 0 bridgehead atoms. The molecule has 126 valence electrons. The van der Waals surface area contributed by atoms with E-state index in [1.54, 1.807) is 7.11 Å². The van der Waals surface area contributed by atoms with Crippen molar-refractivity contribution in [3.8, 4) is 11.5 Å². The van der Waals surface area contributed by atoms with Crippen molar-refractivity contribution in [3.63, 3.8) is 0 Å². The summed E-state index contributed by atoms with van der Waals surface area (Å²) >= 11 is 0. The molecule has 4 heteroatoms. The van der Waals surface area contributed by atoms with E-state index in [-0.39, 0.29) is 5.41 Å². The van der Waals surface area contributed by atoms with E-state index in [1.165, 1.54) is 22.3 Å². The third-order valence-electron chi connectivity index (χ3n) is 5.38. The Labute approximate surface area is 145 Å². The van der Waals surface area contributed by atoms with Gasteiger partial charge in [0.25, 0.3) is 0 Å².